The number of nitrogens with zero attached hydrogens (tertiary/aromatic N) is 1. The average Bonchev–Trinajstić information content (AvgIpc) is 2.63. The molecule has 0 spiro atoms. The summed E-state index contributed by atoms with van der Waals surface area (Å²) in [5.74, 6) is -1.28. The molecule has 26 heavy (non-hydrogen) atoms. The number of hydrogen-bond acceptors (Lipinski definition) is 3. The molecular formula is C20H23BrN2O3. The number of carboxylic acid groups (broad SMARTS) is 1. The van der Waals surface area contributed by atoms with Gasteiger partial charge in [-0.2, -0.15) is 0 Å². The van der Waals surface area contributed by atoms with E-state index in [0.29, 0.717) is 16.9 Å². The van der Waals surface area contributed by atoms with Crippen LogP contribution in [-0.4, -0.2) is 30.1 Å². The fourth-order valence-electron chi connectivity index (χ4n) is 2.66. The Labute approximate surface area is 162 Å². The number of hydrogen-bond donors (Lipinski definition) is 2. The highest BCUT2D eigenvalue weighted by molar-refractivity contribution is 9.10. The number of carboxylic acids is 1. The molecular weight excluding hydrogens is 396 g/mol. The number of nitrogens with one attached hydrogen (secondary N) is 1. The number of anilines is 2. The fraction of sp³-hybridized carbons (Fsp3) is 0.300. The minimum absolute atomic E-state index is 0.191. The van der Waals surface area contributed by atoms with E-state index < -0.39 is 5.97 Å². The molecule has 0 radical (unpaired) electrons. The van der Waals surface area contributed by atoms with Gasteiger partial charge in [-0.05, 0) is 55.8 Å². The van der Waals surface area contributed by atoms with Gasteiger partial charge < -0.3 is 15.3 Å². The van der Waals surface area contributed by atoms with Crippen LogP contribution in [0.25, 0.3) is 0 Å². The molecule has 0 atom stereocenters. The van der Waals surface area contributed by atoms with Crippen molar-refractivity contribution < 1.29 is 14.7 Å². The lowest BCUT2D eigenvalue weighted by Crippen LogP contribution is -2.26. The molecule has 1 amide bonds. The highest BCUT2D eigenvalue weighted by Crippen LogP contribution is 2.25. The molecule has 0 bridgehead atoms. The largest absolute Gasteiger partial charge is 0.478 e. The number of rotatable bonds is 8. The van der Waals surface area contributed by atoms with Crippen LogP contribution in [-0.2, 0) is 0 Å². The molecule has 0 aromatic heterocycles. The van der Waals surface area contributed by atoms with Gasteiger partial charge in [-0.15, -0.1) is 0 Å². The van der Waals surface area contributed by atoms with E-state index in [4.69, 9.17) is 0 Å². The monoisotopic (exact) mass is 418 g/mol. The Morgan fingerprint density at radius 1 is 1.12 bits per heavy atom. The summed E-state index contributed by atoms with van der Waals surface area (Å²) in [7, 11) is 0. The van der Waals surface area contributed by atoms with Gasteiger partial charge in [0.1, 0.15) is 0 Å². The lowest BCUT2D eigenvalue weighted by Gasteiger charge is -2.25. The molecule has 0 saturated heterocycles. The van der Waals surface area contributed by atoms with Crippen LogP contribution in [0.3, 0.4) is 0 Å². The second-order valence-electron chi connectivity index (χ2n) is 5.93. The van der Waals surface area contributed by atoms with Gasteiger partial charge in [0.2, 0.25) is 0 Å². The number of unbranched alkanes of at least 4 members (excludes halogenated alkanes) is 1. The van der Waals surface area contributed by atoms with Gasteiger partial charge in [-0.1, -0.05) is 29.3 Å². The van der Waals surface area contributed by atoms with E-state index in [1.807, 2.05) is 11.8 Å². The Balaban J connectivity index is 2.25. The van der Waals surface area contributed by atoms with Crippen LogP contribution in [0, 0.1) is 0 Å². The van der Waals surface area contributed by atoms with Gasteiger partial charge in [0.05, 0.1) is 11.3 Å². The average molecular weight is 419 g/mol. The molecule has 0 aliphatic rings. The molecule has 2 aromatic carbocycles. The fourth-order valence-corrected chi connectivity index (χ4v) is 2.93. The Morgan fingerprint density at radius 3 is 2.38 bits per heavy atom. The zero-order chi connectivity index (χ0) is 19.1. The molecule has 2 rings (SSSR count). The van der Waals surface area contributed by atoms with Crippen molar-refractivity contribution in [3.63, 3.8) is 0 Å². The summed E-state index contributed by atoms with van der Waals surface area (Å²) in [6.45, 7) is 5.64. The highest BCUT2D eigenvalue weighted by atomic mass is 79.9. The number of aromatic carboxylic acids is 1. The van der Waals surface area contributed by atoms with E-state index in [-0.39, 0.29) is 11.5 Å². The van der Waals surface area contributed by atoms with Crippen molar-refractivity contribution in [2.45, 2.75) is 26.7 Å². The molecule has 0 fully saturated rings. The van der Waals surface area contributed by atoms with Crippen LogP contribution >= 0.6 is 15.9 Å². The van der Waals surface area contributed by atoms with E-state index in [1.54, 1.807) is 36.4 Å². The van der Waals surface area contributed by atoms with Crippen LogP contribution < -0.4 is 10.2 Å². The predicted molar refractivity (Wildman–Crippen MR) is 108 cm³/mol. The zero-order valence-electron chi connectivity index (χ0n) is 15.0. The third-order valence-corrected chi connectivity index (χ3v) is 4.62. The Kier molecular flexibility index (Phi) is 7.21. The van der Waals surface area contributed by atoms with Crippen molar-refractivity contribution in [2.75, 3.05) is 23.3 Å². The molecule has 0 unspecified atom stereocenters. The first kappa shape index (κ1) is 20.0. The standard InChI is InChI=1S/C20H23BrN2O3/c1-3-5-12-23(4-2)18-11-10-16(13-17(18)20(25)26)22-19(24)14-6-8-15(21)9-7-14/h6-11,13H,3-5,12H2,1-2H3,(H,22,24)(H,25,26). The van der Waals surface area contributed by atoms with Gasteiger partial charge in [0.15, 0.2) is 0 Å². The molecule has 2 aromatic rings. The van der Waals surface area contributed by atoms with Crippen molar-refractivity contribution in [3.8, 4) is 0 Å². The topological polar surface area (TPSA) is 69.6 Å². The smallest absolute Gasteiger partial charge is 0.337 e. The van der Waals surface area contributed by atoms with Crippen molar-refractivity contribution in [1.82, 2.24) is 0 Å². The Hall–Kier alpha value is -2.34. The molecule has 0 saturated carbocycles. The van der Waals surface area contributed by atoms with Crippen molar-refractivity contribution in [1.29, 1.82) is 0 Å². The summed E-state index contributed by atoms with van der Waals surface area (Å²) in [5, 5.41) is 12.4. The first-order valence-electron chi connectivity index (χ1n) is 8.65. The van der Waals surface area contributed by atoms with Crippen molar-refractivity contribution >= 4 is 39.2 Å². The van der Waals surface area contributed by atoms with Crippen LogP contribution in [0.2, 0.25) is 0 Å². The SMILES string of the molecule is CCCCN(CC)c1ccc(NC(=O)c2ccc(Br)cc2)cc1C(=O)O. The Bertz CT molecular complexity index is 775. The van der Waals surface area contributed by atoms with E-state index in [0.717, 1.165) is 30.4 Å². The van der Waals surface area contributed by atoms with Gasteiger partial charge in [0.25, 0.3) is 5.91 Å². The first-order valence-corrected chi connectivity index (χ1v) is 9.44. The second-order valence-corrected chi connectivity index (χ2v) is 6.85. The van der Waals surface area contributed by atoms with Crippen LogP contribution in [0.4, 0.5) is 11.4 Å². The number of halogens is 1. The minimum atomic E-state index is -1.00. The van der Waals surface area contributed by atoms with Crippen LogP contribution in [0.1, 0.15) is 47.4 Å². The lowest BCUT2D eigenvalue weighted by molar-refractivity contribution is 0.0697. The van der Waals surface area contributed by atoms with Crippen molar-refractivity contribution in [3.05, 3.63) is 58.1 Å². The summed E-state index contributed by atoms with van der Waals surface area (Å²) in [5.41, 5.74) is 1.84. The van der Waals surface area contributed by atoms with Crippen LogP contribution in [0.15, 0.2) is 46.9 Å². The van der Waals surface area contributed by atoms with Crippen LogP contribution in [0.5, 0.6) is 0 Å². The molecule has 6 heteroatoms. The zero-order valence-corrected chi connectivity index (χ0v) is 16.5. The minimum Gasteiger partial charge on any atom is -0.478 e. The third-order valence-electron chi connectivity index (χ3n) is 4.10. The normalized spacial score (nSPS) is 10.4. The molecule has 138 valence electrons. The van der Waals surface area contributed by atoms with Gasteiger partial charge in [-0.3, -0.25) is 4.79 Å². The first-order chi connectivity index (χ1) is 12.5. The number of benzene rings is 2. The number of carbonyl (C=O) groups is 2. The highest BCUT2D eigenvalue weighted by Gasteiger charge is 2.16. The summed E-state index contributed by atoms with van der Waals surface area (Å²) < 4.78 is 0.887. The summed E-state index contributed by atoms with van der Waals surface area (Å²) >= 11 is 3.33. The van der Waals surface area contributed by atoms with E-state index in [9.17, 15) is 14.7 Å². The lowest BCUT2D eigenvalue weighted by atomic mass is 10.1. The Morgan fingerprint density at radius 2 is 1.81 bits per heavy atom. The molecule has 2 N–H and O–H groups in total. The van der Waals surface area contributed by atoms with E-state index >= 15 is 0 Å². The van der Waals surface area contributed by atoms with Crippen molar-refractivity contribution in [2.24, 2.45) is 0 Å². The third kappa shape index (κ3) is 5.08. The summed E-state index contributed by atoms with van der Waals surface area (Å²) in [4.78, 5) is 26.1. The molecule has 0 heterocycles. The predicted octanol–water partition coefficient (Wildman–Crippen LogP) is 5.03. The van der Waals surface area contributed by atoms with Gasteiger partial charge >= 0.3 is 5.97 Å². The number of amides is 1. The van der Waals surface area contributed by atoms with E-state index in [1.165, 1.54) is 6.07 Å². The molecule has 0 aliphatic heterocycles. The maximum Gasteiger partial charge on any atom is 0.337 e. The number of carbonyl (C=O) groups excluding carboxylic acids is 1. The van der Waals surface area contributed by atoms with E-state index in [2.05, 4.69) is 28.2 Å². The summed E-state index contributed by atoms with van der Waals surface area (Å²) in [6, 6.07) is 12.0. The maximum absolute atomic E-state index is 12.3. The maximum atomic E-state index is 12.3. The molecule has 0 aliphatic carbocycles. The van der Waals surface area contributed by atoms with Gasteiger partial charge in [-0.25, -0.2) is 4.79 Å². The van der Waals surface area contributed by atoms with Gasteiger partial charge in [0, 0.05) is 28.8 Å². The second kappa shape index (κ2) is 9.38. The quantitative estimate of drug-likeness (QED) is 0.630. The molecule has 5 nitrogen and oxygen atoms in total. The summed E-state index contributed by atoms with van der Waals surface area (Å²) in [6.07, 6.45) is 2.04.